The SMILES string of the molecule is CN1CCC(c2ccc(C(=O)Nc3[nH]nc4ccc(Sc5cc(F)ccc5F)nc34)c(NC3CCOC(CN4CCC(c5ccc(C(=O)Nc6[nH]nc7ccc(Sc8cc(F)cc(F)c8)nc67)c(NC6CCOC(CN7CCC(c8ccc(C(=O)Nc9[nH]nc%10ccc(OCc%11cccnc%11)nc9%10)c(NC9CCOCC9)c8)CC7)C6)c5)CC4)C3)c2)CC1. The van der Waals surface area contributed by atoms with Crippen molar-refractivity contribution >= 4 is 109 Å². The fourth-order valence-corrected chi connectivity index (χ4v) is 19.3. The number of H-pyrrole nitrogens is 3. The van der Waals surface area contributed by atoms with Gasteiger partial charge in [0.2, 0.25) is 5.88 Å². The molecule has 0 bridgehead atoms. The van der Waals surface area contributed by atoms with Crippen LogP contribution >= 0.6 is 23.5 Å². The number of piperidine rings is 3. The van der Waals surface area contributed by atoms with Gasteiger partial charge in [0.25, 0.3) is 17.7 Å². The number of halogens is 4. The number of anilines is 6. The smallest absolute Gasteiger partial charge is 0.258 e. The Kier molecular flexibility index (Phi) is 25.0. The molecule has 0 radical (unpaired) electrons. The van der Waals surface area contributed by atoms with E-state index in [0.29, 0.717) is 121 Å². The minimum Gasteiger partial charge on any atom is -0.473 e. The van der Waals surface area contributed by atoms with E-state index in [1.54, 1.807) is 48.8 Å². The maximum Gasteiger partial charge on any atom is 0.258 e. The first-order valence-electron chi connectivity index (χ1n) is 42.0. The van der Waals surface area contributed by atoms with E-state index in [0.717, 1.165) is 193 Å². The first-order chi connectivity index (χ1) is 59.6. The Morgan fingerprint density at radius 1 is 0.484 bits per heavy atom. The summed E-state index contributed by atoms with van der Waals surface area (Å²) in [7, 11) is 2.15. The molecule has 5 aromatic carbocycles. The van der Waals surface area contributed by atoms with Crippen molar-refractivity contribution in [2.45, 2.75) is 152 Å². The quantitative estimate of drug-likeness (QED) is 0.0228. The summed E-state index contributed by atoms with van der Waals surface area (Å²) in [4.78, 5) is 70.1. The predicted molar refractivity (Wildman–Crippen MR) is 461 cm³/mol. The van der Waals surface area contributed by atoms with Crippen LogP contribution in [0, 0.1) is 23.3 Å². The van der Waals surface area contributed by atoms with Crippen molar-refractivity contribution in [2.24, 2.45) is 0 Å². The number of pyridine rings is 4. The van der Waals surface area contributed by atoms with Gasteiger partial charge >= 0.3 is 0 Å². The van der Waals surface area contributed by atoms with Crippen molar-refractivity contribution in [3.63, 3.8) is 0 Å². The van der Waals surface area contributed by atoms with Crippen LogP contribution in [0.15, 0.2) is 172 Å². The zero-order valence-electron chi connectivity index (χ0n) is 67.4. The van der Waals surface area contributed by atoms with Crippen molar-refractivity contribution in [1.82, 2.24) is 65.2 Å². The largest absolute Gasteiger partial charge is 0.473 e. The average Bonchev–Trinajstić information content (AvgIpc) is 1.34. The van der Waals surface area contributed by atoms with Gasteiger partial charge in [0.1, 0.15) is 73.0 Å². The average molecular weight is 1700 g/mol. The number of ether oxygens (including phenoxy) is 4. The summed E-state index contributed by atoms with van der Waals surface area (Å²) >= 11 is 2.08. The summed E-state index contributed by atoms with van der Waals surface area (Å²) in [5.41, 5.74) is 10.8. The fraction of sp³-hybridized carbons (Fsp3) is 0.378. The molecule has 0 aliphatic carbocycles. The highest BCUT2D eigenvalue weighted by molar-refractivity contribution is 7.99. The van der Waals surface area contributed by atoms with E-state index < -0.39 is 23.3 Å². The second-order valence-corrected chi connectivity index (χ2v) is 34.8. The Balaban J connectivity index is 0.530. The fourth-order valence-electron chi connectivity index (χ4n) is 17.6. The Morgan fingerprint density at radius 3 is 1.45 bits per heavy atom. The molecule has 12 aromatic rings. The first kappa shape index (κ1) is 81.9. The number of carbonyl (C=O) groups is 3. The van der Waals surface area contributed by atoms with E-state index >= 15 is 0 Å². The zero-order valence-corrected chi connectivity index (χ0v) is 69.0. The molecule has 32 heteroatoms. The molecule has 0 spiro atoms. The van der Waals surface area contributed by atoms with E-state index in [2.05, 4.69) is 126 Å². The first-order valence-corrected chi connectivity index (χ1v) is 43.6. The van der Waals surface area contributed by atoms with Crippen molar-refractivity contribution in [2.75, 3.05) is 118 Å². The molecule has 4 unspecified atom stereocenters. The molecular weight excluding hydrogens is 1600 g/mol. The van der Waals surface area contributed by atoms with Gasteiger partial charge in [0.15, 0.2) is 17.5 Å². The monoisotopic (exact) mass is 1690 g/mol. The van der Waals surface area contributed by atoms with Gasteiger partial charge in [-0.1, -0.05) is 47.8 Å². The summed E-state index contributed by atoms with van der Waals surface area (Å²) in [6.45, 7) is 9.47. The van der Waals surface area contributed by atoms with Crippen LogP contribution in [-0.2, 0) is 20.8 Å². The second kappa shape index (κ2) is 37.3. The molecule has 6 fully saturated rings. The lowest BCUT2D eigenvalue weighted by atomic mass is 9.87. The van der Waals surface area contributed by atoms with Crippen LogP contribution in [0.25, 0.3) is 33.1 Å². The van der Waals surface area contributed by atoms with Crippen molar-refractivity contribution in [3.8, 4) is 5.88 Å². The Labute approximate surface area is 710 Å². The molecule has 6 aliphatic rings. The van der Waals surface area contributed by atoms with E-state index in [1.165, 1.54) is 23.3 Å². The second-order valence-electron chi connectivity index (χ2n) is 32.6. The summed E-state index contributed by atoms with van der Waals surface area (Å²) < 4.78 is 82.4. The van der Waals surface area contributed by atoms with Gasteiger partial charge in [-0.2, -0.15) is 15.3 Å². The predicted octanol–water partition coefficient (Wildman–Crippen LogP) is 16.2. The maximum absolute atomic E-state index is 14.9. The van der Waals surface area contributed by atoms with Gasteiger partial charge in [-0.05, 0) is 261 Å². The lowest BCUT2D eigenvalue weighted by molar-refractivity contribution is -0.0136. The van der Waals surface area contributed by atoms with E-state index in [-0.39, 0.29) is 83.0 Å². The highest BCUT2D eigenvalue weighted by Gasteiger charge is 2.34. The molecule has 7 aromatic heterocycles. The van der Waals surface area contributed by atoms with Crippen LogP contribution in [-0.4, -0.2) is 199 Å². The topological polar surface area (TPSA) is 308 Å². The number of benzene rings is 5. The van der Waals surface area contributed by atoms with Crippen molar-refractivity contribution in [3.05, 3.63) is 214 Å². The Hall–Kier alpha value is -11.1. The maximum atomic E-state index is 14.9. The molecule has 13 heterocycles. The van der Waals surface area contributed by atoms with Gasteiger partial charge < -0.3 is 65.5 Å². The van der Waals surface area contributed by atoms with Gasteiger partial charge in [-0.15, -0.1) is 0 Å². The van der Waals surface area contributed by atoms with Gasteiger partial charge in [-0.25, -0.2) is 32.5 Å². The van der Waals surface area contributed by atoms with Gasteiger partial charge in [0, 0.05) is 110 Å². The Morgan fingerprint density at radius 2 is 0.951 bits per heavy atom. The van der Waals surface area contributed by atoms with E-state index in [1.807, 2.05) is 30.3 Å². The molecule has 18 rings (SSSR count). The van der Waals surface area contributed by atoms with E-state index in [4.69, 9.17) is 33.9 Å². The number of aromatic amines is 3. The van der Waals surface area contributed by atoms with Crippen molar-refractivity contribution in [1.29, 1.82) is 0 Å². The zero-order chi connectivity index (χ0) is 83.2. The molecule has 26 nitrogen and oxygen atoms in total. The lowest BCUT2D eigenvalue weighted by Crippen LogP contribution is -2.44. The highest BCUT2D eigenvalue weighted by atomic mass is 32.2. The minimum atomic E-state index is -0.701. The van der Waals surface area contributed by atoms with Crippen LogP contribution < -0.4 is 36.6 Å². The minimum absolute atomic E-state index is 0.00403. The van der Waals surface area contributed by atoms with Crippen LogP contribution in [0.4, 0.5) is 52.1 Å². The number of likely N-dealkylation sites (tertiary alicyclic amines) is 3. The third-order valence-corrected chi connectivity index (χ3v) is 26.1. The van der Waals surface area contributed by atoms with Crippen LogP contribution in [0.1, 0.15) is 148 Å². The molecule has 6 saturated heterocycles. The number of hydrogen-bond donors (Lipinski definition) is 9. The number of fused-ring (bicyclic) bond motifs is 3. The number of amides is 3. The molecule has 632 valence electrons. The summed E-state index contributed by atoms with van der Waals surface area (Å²) in [5.74, 6) is -1.46. The number of hydrogen-bond acceptors (Lipinski definition) is 22. The third kappa shape index (κ3) is 19.7. The van der Waals surface area contributed by atoms with Gasteiger partial charge in [-0.3, -0.25) is 34.7 Å². The molecule has 4 atom stereocenters. The molecule has 3 amide bonds. The third-order valence-electron chi connectivity index (χ3n) is 24.2. The van der Waals surface area contributed by atoms with Crippen LogP contribution in [0.5, 0.6) is 5.88 Å². The number of nitrogens with zero attached hydrogens (tertiary/aromatic N) is 10. The number of rotatable bonds is 26. The molecular formula is C90H95F4N19O7S2. The van der Waals surface area contributed by atoms with Crippen molar-refractivity contribution < 1.29 is 50.9 Å². The molecule has 9 N–H and O–H groups in total. The number of aromatic nitrogens is 10. The van der Waals surface area contributed by atoms with E-state index in [9.17, 15) is 31.9 Å². The number of nitrogens with one attached hydrogen (secondary N) is 9. The molecule has 6 aliphatic heterocycles. The molecule has 0 saturated carbocycles. The van der Waals surface area contributed by atoms with Gasteiger partial charge in [0.05, 0.1) is 33.8 Å². The Bertz CT molecular complexity index is 5740. The van der Waals surface area contributed by atoms with Crippen LogP contribution in [0.2, 0.25) is 0 Å². The summed E-state index contributed by atoms with van der Waals surface area (Å²) in [6, 6.07) is 39.3. The summed E-state index contributed by atoms with van der Waals surface area (Å²) in [6.07, 6.45) is 13.4. The lowest BCUT2D eigenvalue weighted by Gasteiger charge is -2.38. The summed E-state index contributed by atoms with van der Waals surface area (Å²) in [5, 5.41) is 43.7. The number of carbonyl (C=O) groups excluding carboxylic acids is 3. The van der Waals surface area contributed by atoms with Crippen LogP contribution in [0.3, 0.4) is 0 Å². The molecule has 122 heavy (non-hydrogen) atoms. The highest BCUT2D eigenvalue weighted by Crippen LogP contribution is 2.40. The normalized spacial score (nSPS) is 19.5. The standard InChI is InChI=1S/C90H95F4N19O7S2/c1-111-29-18-53(19-30-111)56-4-9-69(90(116)104-87-84-74(107-110-87)14-17-81(101-84)122-78-45-59(91)7-11-71(78)94)76(40-56)97-63-26-37-118-65(46-63)50-113-33-22-55(23-34-113)58-6-10-70(89(115)103-86-83-73(106-109-86)13-16-80(100-83)121-67-43-60(92)42-61(93)44-67)77(41-58)98-64-27-38-119-66(47-64)49-112-31-20-54(21-32-112)57-5-8-68(75(39-57)96-62-24-35-117-36-25-62)88(114)102-85-82-72(105-108-85)12-15-79(99-82)120-51-52-3-2-28-95-48-52/h2-17,28,39-45,48,53-55,62-66,96-98H,18-27,29-38,46-47,49-51H2,1H3,(H2,102,105,108,114)(H2,103,106,109,115)(H2,104,107,110,116).